The fourth-order valence-electron chi connectivity index (χ4n) is 3.25. The van der Waals surface area contributed by atoms with Crippen LogP contribution in [-0.4, -0.2) is 28.0 Å². The summed E-state index contributed by atoms with van der Waals surface area (Å²) in [6.07, 6.45) is 11.3. The van der Waals surface area contributed by atoms with E-state index < -0.39 is 0 Å². The highest BCUT2D eigenvalue weighted by atomic mass is 16.3. The van der Waals surface area contributed by atoms with Crippen LogP contribution >= 0.6 is 0 Å². The van der Waals surface area contributed by atoms with E-state index in [2.05, 4.69) is 39.3 Å². The maximum Gasteiger partial charge on any atom is 0.137 e. The molecule has 0 bridgehead atoms. The molecule has 1 aliphatic rings. The molecule has 0 amide bonds. The SMILES string of the molecule is C1=C(CCc2ccco2)CCN(Cc2c[nH]c3ncccc23)C1. The van der Waals surface area contributed by atoms with Crippen molar-refractivity contribution in [3.63, 3.8) is 0 Å². The lowest BCUT2D eigenvalue weighted by molar-refractivity contribution is 0.285. The van der Waals surface area contributed by atoms with Crippen molar-refractivity contribution in [3.8, 4) is 0 Å². The van der Waals surface area contributed by atoms with Gasteiger partial charge in [0, 0.05) is 43.8 Å². The molecule has 0 unspecified atom stereocenters. The maximum absolute atomic E-state index is 5.41. The molecular formula is C19H21N3O. The Morgan fingerprint density at radius 2 is 2.22 bits per heavy atom. The fraction of sp³-hybridized carbons (Fsp3) is 0.316. The smallest absolute Gasteiger partial charge is 0.137 e. The van der Waals surface area contributed by atoms with Crippen molar-refractivity contribution >= 4 is 11.0 Å². The molecule has 0 aromatic carbocycles. The number of fused-ring (bicyclic) bond motifs is 1. The van der Waals surface area contributed by atoms with Crippen molar-refractivity contribution in [2.24, 2.45) is 0 Å². The zero-order chi connectivity index (χ0) is 15.5. The molecule has 0 radical (unpaired) electrons. The van der Waals surface area contributed by atoms with E-state index in [0.717, 1.165) is 50.3 Å². The fourth-order valence-corrected chi connectivity index (χ4v) is 3.25. The summed E-state index contributed by atoms with van der Waals surface area (Å²) in [5, 5.41) is 1.24. The van der Waals surface area contributed by atoms with Crippen molar-refractivity contribution < 1.29 is 4.42 Å². The van der Waals surface area contributed by atoms with E-state index in [0.29, 0.717) is 0 Å². The van der Waals surface area contributed by atoms with Gasteiger partial charge in [0.05, 0.1) is 6.26 Å². The van der Waals surface area contributed by atoms with Crippen LogP contribution in [0.3, 0.4) is 0 Å². The third-order valence-corrected chi connectivity index (χ3v) is 4.59. The number of aryl methyl sites for hydroxylation is 1. The van der Waals surface area contributed by atoms with E-state index in [1.807, 2.05) is 18.3 Å². The molecule has 4 heteroatoms. The van der Waals surface area contributed by atoms with Gasteiger partial charge in [-0.1, -0.05) is 11.6 Å². The maximum atomic E-state index is 5.41. The molecule has 23 heavy (non-hydrogen) atoms. The van der Waals surface area contributed by atoms with Crippen molar-refractivity contribution in [3.05, 3.63) is 65.9 Å². The first-order valence-corrected chi connectivity index (χ1v) is 8.22. The summed E-state index contributed by atoms with van der Waals surface area (Å²) in [5.74, 6) is 1.08. The van der Waals surface area contributed by atoms with Crippen molar-refractivity contribution in [1.29, 1.82) is 0 Å². The third kappa shape index (κ3) is 3.22. The predicted molar refractivity (Wildman–Crippen MR) is 91.1 cm³/mol. The van der Waals surface area contributed by atoms with Crippen molar-refractivity contribution in [1.82, 2.24) is 14.9 Å². The summed E-state index contributed by atoms with van der Waals surface area (Å²) >= 11 is 0. The summed E-state index contributed by atoms with van der Waals surface area (Å²) in [4.78, 5) is 10.1. The van der Waals surface area contributed by atoms with Gasteiger partial charge in [-0.2, -0.15) is 0 Å². The van der Waals surface area contributed by atoms with Gasteiger partial charge >= 0.3 is 0 Å². The van der Waals surface area contributed by atoms with Crippen molar-refractivity contribution in [2.45, 2.75) is 25.8 Å². The molecule has 0 atom stereocenters. The van der Waals surface area contributed by atoms with Gasteiger partial charge in [0.15, 0.2) is 0 Å². The molecule has 0 saturated carbocycles. The second-order valence-electron chi connectivity index (χ2n) is 6.14. The molecule has 0 spiro atoms. The molecule has 3 aromatic rings. The second kappa shape index (κ2) is 6.42. The molecule has 3 aromatic heterocycles. The van der Waals surface area contributed by atoms with Crippen LogP contribution in [0.2, 0.25) is 0 Å². The molecule has 4 heterocycles. The number of nitrogens with one attached hydrogen (secondary N) is 1. The van der Waals surface area contributed by atoms with E-state index in [4.69, 9.17) is 4.42 Å². The van der Waals surface area contributed by atoms with Crippen LogP contribution in [-0.2, 0) is 13.0 Å². The van der Waals surface area contributed by atoms with Crippen LogP contribution in [0.1, 0.15) is 24.2 Å². The lowest BCUT2D eigenvalue weighted by atomic mass is 10.0. The highest BCUT2D eigenvalue weighted by molar-refractivity contribution is 5.79. The number of pyridine rings is 1. The minimum Gasteiger partial charge on any atom is -0.469 e. The van der Waals surface area contributed by atoms with Gasteiger partial charge in [-0.25, -0.2) is 4.98 Å². The van der Waals surface area contributed by atoms with Gasteiger partial charge < -0.3 is 9.40 Å². The average molecular weight is 307 g/mol. The Morgan fingerprint density at radius 3 is 3.04 bits per heavy atom. The Bertz CT molecular complexity index is 801. The van der Waals surface area contributed by atoms with Crippen LogP contribution < -0.4 is 0 Å². The standard InChI is InChI=1S/C19H21N3O/c1-4-18-16(13-21-19(18)20-9-1)14-22-10-7-15(8-11-22)5-6-17-3-2-12-23-17/h1-4,7,9,12-13H,5-6,8,10-11,14H2,(H,20,21). The first kappa shape index (κ1) is 14.3. The van der Waals surface area contributed by atoms with Gasteiger partial charge in [-0.05, 0) is 42.7 Å². The van der Waals surface area contributed by atoms with Crippen LogP contribution in [0.4, 0.5) is 0 Å². The highest BCUT2D eigenvalue weighted by Gasteiger charge is 2.14. The largest absolute Gasteiger partial charge is 0.469 e. The lowest BCUT2D eigenvalue weighted by Gasteiger charge is -2.26. The van der Waals surface area contributed by atoms with Gasteiger partial charge in [0.25, 0.3) is 0 Å². The van der Waals surface area contributed by atoms with E-state index in [-0.39, 0.29) is 0 Å². The van der Waals surface area contributed by atoms with Gasteiger partial charge in [-0.15, -0.1) is 0 Å². The second-order valence-corrected chi connectivity index (χ2v) is 6.14. The number of rotatable bonds is 5. The highest BCUT2D eigenvalue weighted by Crippen LogP contribution is 2.21. The van der Waals surface area contributed by atoms with E-state index in [9.17, 15) is 0 Å². The predicted octanol–water partition coefficient (Wildman–Crippen LogP) is 3.92. The molecule has 1 aliphatic heterocycles. The number of nitrogens with zero attached hydrogens (tertiary/aromatic N) is 2. The summed E-state index contributed by atoms with van der Waals surface area (Å²) in [7, 11) is 0. The van der Waals surface area contributed by atoms with Crippen LogP contribution in [0.5, 0.6) is 0 Å². The van der Waals surface area contributed by atoms with Gasteiger partial charge in [0.1, 0.15) is 11.4 Å². The topological polar surface area (TPSA) is 45.1 Å². The Morgan fingerprint density at radius 1 is 1.22 bits per heavy atom. The molecule has 0 saturated heterocycles. The Hall–Kier alpha value is -2.33. The lowest BCUT2D eigenvalue weighted by Crippen LogP contribution is -2.28. The molecular weight excluding hydrogens is 286 g/mol. The Labute approximate surface area is 135 Å². The number of H-pyrrole nitrogens is 1. The summed E-state index contributed by atoms with van der Waals surface area (Å²) in [6.45, 7) is 3.13. The van der Waals surface area contributed by atoms with E-state index in [1.165, 1.54) is 10.9 Å². The molecule has 4 nitrogen and oxygen atoms in total. The monoisotopic (exact) mass is 307 g/mol. The van der Waals surface area contributed by atoms with E-state index >= 15 is 0 Å². The molecule has 118 valence electrons. The Balaban J connectivity index is 1.35. The molecule has 0 fully saturated rings. The Kier molecular flexibility index (Phi) is 3.99. The summed E-state index contributed by atoms with van der Waals surface area (Å²) in [6, 6.07) is 8.16. The normalized spacial score (nSPS) is 15.9. The van der Waals surface area contributed by atoms with Crippen LogP contribution in [0.25, 0.3) is 11.0 Å². The number of hydrogen-bond acceptors (Lipinski definition) is 3. The summed E-state index contributed by atoms with van der Waals surface area (Å²) in [5.41, 5.74) is 3.87. The molecule has 4 rings (SSSR count). The minimum absolute atomic E-state index is 0.980. The first-order chi connectivity index (χ1) is 11.4. The number of aromatic nitrogens is 2. The van der Waals surface area contributed by atoms with Gasteiger partial charge in [-0.3, -0.25) is 4.90 Å². The minimum atomic E-state index is 0.980. The van der Waals surface area contributed by atoms with Crippen LogP contribution in [0, 0.1) is 0 Å². The molecule has 1 N–H and O–H groups in total. The zero-order valence-corrected chi connectivity index (χ0v) is 13.2. The number of aromatic amines is 1. The third-order valence-electron chi connectivity index (χ3n) is 4.59. The average Bonchev–Trinajstić information content (AvgIpc) is 3.25. The van der Waals surface area contributed by atoms with Gasteiger partial charge in [0.2, 0.25) is 0 Å². The first-order valence-electron chi connectivity index (χ1n) is 8.22. The van der Waals surface area contributed by atoms with E-state index in [1.54, 1.807) is 11.8 Å². The number of hydrogen-bond donors (Lipinski definition) is 1. The zero-order valence-electron chi connectivity index (χ0n) is 13.2. The van der Waals surface area contributed by atoms with Crippen LogP contribution in [0.15, 0.2) is 59.0 Å². The number of furan rings is 1. The summed E-state index contributed by atoms with van der Waals surface area (Å²) < 4.78 is 5.41. The quantitative estimate of drug-likeness (QED) is 0.727. The van der Waals surface area contributed by atoms with Crippen molar-refractivity contribution in [2.75, 3.05) is 13.1 Å². The molecule has 0 aliphatic carbocycles.